The maximum absolute atomic E-state index is 11.6. The van der Waals surface area contributed by atoms with Crippen LogP contribution in [0.2, 0.25) is 0 Å². The zero-order chi connectivity index (χ0) is 13.8. The lowest BCUT2D eigenvalue weighted by molar-refractivity contribution is -0.139. The highest BCUT2D eigenvalue weighted by molar-refractivity contribution is 7.93. The molecule has 0 aliphatic heterocycles. The first kappa shape index (κ1) is 14.2. The number of aromatic nitrogens is 1. The number of nitrogens with two attached hydrogens (primary N) is 1. The number of hydrogen-bond acceptors (Lipinski definition) is 6. The van der Waals surface area contributed by atoms with E-state index in [2.05, 4.69) is 14.4 Å². The summed E-state index contributed by atoms with van der Waals surface area (Å²) in [6, 6.07) is 1.58. The van der Waals surface area contributed by atoms with Crippen molar-refractivity contribution in [3.8, 4) is 0 Å². The van der Waals surface area contributed by atoms with Gasteiger partial charge in [0.05, 0.1) is 18.5 Å². The lowest BCUT2D eigenvalue weighted by Crippen LogP contribution is -2.25. The Morgan fingerprint density at radius 2 is 2.22 bits per heavy atom. The minimum atomic E-state index is -3.82. The van der Waals surface area contributed by atoms with Crippen LogP contribution in [0.5, 0.6) is 0 Å². The van der Waals surface area contributed by atoms with Crippen LogP contribution in [0.4, 0.5) is 11.5 Å². The van der Waals surface area contributed by atoms with E-state index in [4.69, 9.17) is 5.73 Å². The number of nitrogens with zero attached hydrogens (tertiary/aromatic N) is 1. The van der Waals surface area contributed by atoms with Crippen LogP contribution in [-0.4, -0.2) is 31.7 Å². The van der Waals surface area contributed by atoms with Crippen molar-refractivity contribution in [3.63, 3.8) is 0 Å². The van der Waals surface area contributed by atoms with Gasteiger partial charge in [-0.15, -0.1) is 0 Å². The summed E-state index contributed by atoms with van der Waals surface area (Å²) in [4.78, 5) is 15.0. The van der Waals surface area contributed by atoms with Crippen molar-refractivity contribution in [2.45, 2.75) is 13.8 Å². The van der Waals surface area contributed by atoms with Crippen molar-refractivity contribution in [2.24, 2.45) is 0 Å². The Bertz CT molecular complexity index is 542. The first-order valence-electron chi connectivity index (χ1n) is 5.22. The number of anilines is 2. The first-order valence-corrected chi connectivity index (χ1v) is 6.87. The average molecular weight is 273 g/mol. The number of esters is 1. The van der Waals surface area contributed by atoms with Crippen molar-refractivity contribution >= 4 is 27.5 Å². The molecule has 0 saturated carbocycles. The van der Waals surface area contributed by atoms with Crippen molar-refractivity contribution in [2.75, 3.05) is 22.8 Å². The van der Waals surface area contributed by atoms with Crippen LogP contribution < -0.4 is 10.5 Å². The molecule has 0 spiro atoms. The Kier molecular flexibility index (Phi) is 4.49. The summed E-state index contributed by atoms with van der Waals surface area (Å²) < 4.78 is 30.1. The fourth-order valence-corrected chi connectivity index (χ4v) is 2.22. The Hall–Kier alpha value is -1.83. The number of rotatable bonds is 5. The molecule has 100 valence electrons. The molecule has 0 aliphatic rings. The molecule has 18 heavy (non-hydrogen) atoms. The van der Waals surface area contributed by atoms with Crippen LogP contribution in [0.25, 0.3) is 0 Å². The Morgan fingerprint density at radius 3 is 2.78 bits per heavy atom. The Labute approximate surface area is 105 Å². The first-order chi connectivity index (χ1) is 8.34. The fraction of sp³-hybridized carbons (Fsp3) is 0.400. The van der Waals surface area contributed by atoms with E-state index in [9.17, 15) is 13.2 Å². The van der Waals surface area contributed by atoms with Crippen molar-refractivity contribution in [3.05, 3.63) is 17.8 Å². The van der Waals surface area contributed by atoms with Gasteiger partial charge in [-0.05, 0) is 25.5 Å². The highest BCUT2D eigenvalue weighted by Gasteiger charge is 2.18. The molecule has 7 nitrogen and oxygen atoms in total. The van der Waals surface area contributed by atoms with Crippen LogP contribution in [0.1, 0.15) is 12.5 Å². The second-order valence-electron chi connectivity index (χ2n) is 3.60. The van der Waals surface area contributed by atoms with Crippen LogP contribution in [-0.2, 0) is 19.6 Å². The maximum Gasteiger partial charge on any atom is 0.323 e. The lowest BCUT2D eigenvalue weighted by Gasteiger charge is -2.09. The van der Waals surface area contributed by atoms with Crippen molar-refractivity contribution < 1.29 is 17.9 Å². The third kappa shape index (κ3) is 4.21. The van der Waals surface area contributed by atoms with Crippen LogP contribution in [0.15, 0.2) is 12.3 Å². The molecule has 1 aromatic heterocycles. The van der Waals surface area contributed by atoms with Gasteiger partial charge in [0.15, 0.2) is 5.75 Å². The van der Waals surface area contributed by atoms with E-state index in [1.54, 1.807) is 19.9 Å². The quantitative estimate of drug-likeness (QED) is 0.745. The fourth-order valence-electron chi connectivity index (χ4n) is 1.24. The standard InChI is InChI=1S/C10H15N3O4S/c1-3-17-9(14)6-18(15,16)13-10-7(2)4-8(11)5-12-10/h4-5H,3,6,11H2,1-2H3,(H,12,13). The number of nitrogen functional groups attached to an aromatic ring is 1. The lowest BCUT2D eigenvalue weighted by atomic mass is 10.3. The number of carbonyl (C=O) groups is 1. The van der Waals surface area contributed by atoms with Gasteiger partial charge in [-0.3, -0.25) is 9.52 Å². The van der Waals surface area contributed by atoms with Crippen LogP contribution >= 0.6 is 0 Å². The predicted molar refractivity (Wildman–Crippen MR) is 67.4 cm³/mol. The molecule has 0 unspecified atom stereocenters. The zero-order valence-electron chi connectivity index (χ0n) is 10.1. The molecule has 0 saturated heterocycles. The molecule has 0 radical (unpaired) electrons. The molecule has 0 aromatic carbocycles. The minimum Gasteiger partial charge on any atom is -0.465 e. The summed E-state index contributed by atoms with van der Waals surface area (Å²) in [6.07, 6.45) is 1.33. The van der Waals surface area contributed by atoms with Gasteiger partial charge >= 0.3 is 5.97 Å². The Morgan fingerprint density at radius 1 is 1.56 bits per heavy atom. The van der Waals surface area contributed by atoms with Gasteiger partial charge < -0.3 is 10.5 Å². The smallest absolute Gasteiger partial charge is 0.323 e. The summed E-state index contributed by atoms with van der Waals surface area (Å²) in [6.45, 7) is 3.39. The number of pyridine rings is 1. The van der Waals surface area contributed by atoms with Gasteiger partial charge in [0, 0.05) is 0 Å². The van der Waals surface area contributed by atoms with Gasteiger partial charge in [0.1, 0.15) is 5.82 Å². The Balaban J connectivity index is 2.79. The monoisotopic (exact) mass is 273 g/mol. The van der Waals surface area contributed by atoms with E-state index in [0.717, 1.165) is 0 Å². The second-order valence-corrected chi connectivity index (χ2v) is 5.32. The highest BCUT2D eigenvalue weighted by atomic mass is 32.2. The number of sulfonamides is 1. The number of hydrogen-bond donors (Lipinski definition) is 2. The zero-order valence-corrected chi connectivity index (χ0v) is 11.0. The topological polar surface area (TPSA) is 111 Å². The molecule has 3 N–H and O–H groups in total. The summed E-state index contributed by atoms with van der Waals surface area (Å²) in [7, 11) is -3.82. The van der Waals surface area contributed by atoms with E-state index in [1.807, 2.05) is 0 Å². The molecule has 1 aromatic rings. The number of ether oxygens (including phenoxy) is 1. The van der Waals surface area contributed by atoms with E-state index in [0.29, 0.717) is 11.3 Å². The van der Waals surface area contributed by atoms with Gasteiger partial charge in [-0.25, -0.2) is 13.4 Å². The van der Waals surface area contributed by atoms with Gasteiger partial charge in [0.2, 0.25) is 10.0 Å². The van der Waals surface area contributed by atoms with E-state index in [1.165, 1.54) is 6.20 Å². The second kappa shape index (κ2) is 5.67. The molecule has 8 heteroatoms. The van der Waals surface area contributed by atoms with Gasteiger partial charge in [0.25, 0.3) is 0 Å². The highest BCUT2D eigenvalue weighted by Crippen LogP contribution is 2.15. The number of nitrogens with one attached hydrogen (secondary N) is 1. The van der Waals surface area contributed by atoms with Gasteiger partial charge in [-0.2, -0.15) is 0 Å². The van der Waals surface area contributed by atoms with E-state index >= 15 is 0 Å². The summed E-state index contributed by atoms with van der Waals surface area (Å²) in [5.41, 5.74) is 6.50. The molecule has 0 atom stereocenters. The normalized spacial score (nSPS) is 11.0. The summed E-state index contributed by atoms with van der Waals surface area (Å²) in [5, 5.41) is 0. The molecule has 0 bridgehead atoms. The molecular formula is C10H15N3O4S. The maximum atomic E-state index is 11.6. The van der Waals surface area contributed by atoms with Crippen LogP contribution in [0, 0.1) is 6.92 Å². The minimum absolute atomic E-state index is 0.132. The van der Waals surface area contributed by atoms with Crippen LogP contribution in [0.3, 0.4) is 0 Å². The molecule has 0 amide bonds. The third-order valence-electron chi connectivity index (χ3n) is 1.96. The molecule has 0 aliphatic carbocycles. The van der Waals surface area contributed by atoms with Crippen molar-refractivity contribution in [1.29, 1.82) is 0 Å². The molecule has 0 fully saturated rings. The van der Waals surface area contributed by atoms with Gasteiger partial charge in [-0.1, -0.05) is 0 Å². The largest absolute Gasteiger partial charge is 0.465 e. The molecule has 1 heterocycles. The van der Waals surface area contributed by atoms with E-state index in [-0.39, 0.29) is 12.4 Å². The summed E-state index contributed by atoms with van der Waals surface area (Å²) in [5.74, 6) is -1.40. The SMILES string of the molecule is CCOC(=O)CS(=O)(=O)Nc1ncc(N)cc1C. The van der Waals surface area contributed by atoms with E-state index < -0.39 is 21.7 Å². The summed E-state index contributed by atoms with van der Waals surface area (Å²) >= 11 is 0. The third-order valence-corrected chi connectivity index (χ3v) is 3.08. The number of aryl methyl sites for hydroxylation is 1. The number of carbonyl (C=O) groups excluding carboxylic acids is 1. The average Bonchev–Trinajstić information content (AvgIpc) is 2.21. The molecule has 1 rings (SSSR count). The van der Waals surface area contributed by atoms with Crippen molar-refractivity contribution in [1.82, 2.24) is 4.98 Å². The molecular weight excluding hydrogens is 258 g/mol. The predicted octanol–water partition coefficient (Wildman–Crippen LogP) is 0.277.